The fourth-order valence-electron chi connectivity index (χ4n) is 4.49. The molecule has 4 aromatic rings. The lowest BCUT2D eigenvalue weighted by molar-refractivity contribution is 0.134. The summed E-state index contributed by atoms with van der Waals surface area (Å²) in [5.41, 5.74) is 0.125. The summed E-state index contributed by atoms with van der Waals surface area (Å²) in [6.45, 7) is 0.653. The zero-order chi connectivity index (χ0) is 25.4. The summed E-state index contributed by atoms with van der Waals surface area (Å²) in [6.07, 6.45) is 1.38. The van der Waals surface area contributed by atoms with E-state index in [4.69, 9.17) is 0 Å². The average molecular weight is 496 g/mol. The van der Waals surface area contributed by atoms with Gasteiger partial charge < -0.3 is 15.3 Å². The minimum Gasteiger partial charge on any atom is -0.465 e. The second-order valence-corrected chi connectivity index (χ2v) is 8.52. The molecule has 2 aromatic carbocycles. The molecule has 10 heteroatoms. The second kappa shape index (κ2) is 9.44. The van der Waals surface area contributed by atoms with Crippen molar-refractivity contribution in [3.05, 3.63) is 78.0 Å². The molecule has 1 aliphatic rings. The SMILES string of the molecule is O=C(O)N1CCC(Nc2cc(-c3ccc(F)cc3F)c3ccnc(-c4c(F)cccc4F)c3n2)CC1. The molecule has 184 valence electrons. The molecule has 2 aromatic heterocycles. The van der Waals surface area contributed by atoms with Gasteiger partial charge in [0.2, 0.25) is 0 Å². The van der Waals surface area contributed by atoms with E-state index in [1.807, 2.05) is 0 Å². The highest BCUT2D eigenvalue weighted by atomic mass is 19.1. The number of carbonyl (C=O) groups is 1. The summed E-state index contributed by atoms with van der Waals surface area (Å²) < 4.78 is 57.9. The van der Waals surface area contributed by atoms with E-state index in [9.17, 15) is 27.5 Å². The van der Waals surface area contributed by atoms with Crippen LogP contribution >= 0.6 is 0 Å². The fourth-order valence-corrected chi connectivity index (χ4v) is 4.49. The van der Waals surface area contributed by atoms with Crippen molar-refractivity contribution >= 4 is 22.8 Å². The summed E-state index contributed by atoms with van der Waals surface area (Å²) in [6, 6.07) is 9.63. The van der Waals surface area contributed by atoms with Crippen LogP contribution in [0.4, 0.5) is 28.2 Å². The number of fused-ring (bicyclic) bond motifs is 1. The maximum Gasteiger partial charge on any atom is 0.407 e. The van der Waals surface area contributed by atoms with E-state index in [1.165, 1.54) is 23.2 Å². The number of nitrogens with zero attached hydrogens (tertiary/aromatic N) is 3. The van der Waals surface area contributed by atoms with E-state index in [0.29, 0.717) is 42.7 Å². The number of likely N-dealkylation sites (tertiary alicyclic amines) is 1. The van der Waals surface area contributed by atoms with Gasteiger partial charge in [-0.2, -0.15) is 0 Å². The van der Waals surface area contributed by atoms with Crippen molar-refractivity contribution < 1.29 is 27.5 Å². The van der Waals surface area contributed by atoms with Crippen molar-refractivity contribution in [2.75, 3.05) is 18.4 Å². The number of hydrogen-bond donors (Lipinski definition) is 2. The number of hydrogen-bond acceptors (Lipinski definition) is 4. The van der Waals surface area contributed by atoms with E-state index in [0.717, 1.165) is 24.3 Å². The maximum atomic E-state index is 14.8. The first-order chi connectivity index (χ1) is 17.3. The molecule has 5 rings (SSSR count). The third-order valence-electron chi connectivity index (χ3n) is 6.27. The summed E-state index contributed by atoms with van der Waals surface area (Å²) in [5, 5.41) is 12.8. The fraction of sp³-hybridized carbons (Fsp3) is 0.192. The number of anilines is 1. The summed E-state index contributed by atoms with van der Waals surface area (Å²) in [5.74, 6) is -2.91. The third-order valence-corrected chi connectivity index (χ3v) is 6.27. The Morgan fingerprint density at radius 1 is 0.944 bits per heavy atom. The molecular formula is C26H20F4N4O2. The number of nitrogens with one attached hydrogen (secondary N) is 1. The lowest BCUT2D eigenvalue weighted by atomic mass is 9.98. The largest absolute Gasteiger partial charge is 0.465 e. The number of benzene rings is 2. The average Bonchev–Trinajstić information content (AvgIpc) is 2.84. The van der Waals surface area contributed by atoms with Gasteiger partial charge in [0.25, 0.3) is 0 Å². The third kappa shape index (κ3) is 4.41. The molecule has 1 fully saturated rings. The lowest BCUT2D eigenvalue weighted by Gasteiger charge is -2.31. The van der Waals surface area contributed by atoms with Crippen molar-refractivity contribution in [3.8, 4) is 22.4 Å². The van der Waals surface area contributed by atoms with Gasteiger partial charge in [-0.1, -0.05) is 6.07 Å². The second-order valence-electron chi connectivity index (χ2n) is 8.52. The molecule has 6 nitrogen and oxygen atoms in total. The molecule has 0 bridgehead atoms. The Morgan fingerprint density at radius 3 is 2.33 bits per heavy atom. The minimum absolute atomic E-state index is 0.0591. The molecule has 0 atom stereocenters. The van der Waals surface area contributed by atoms with Gasteiger partial charge in [-0.15, -0.1) is 0 Å². The number of pyridine rings is 2. The molecule has 1 aliphatic heterocycles. The smallest absolute Gasteiger partial charge is 0.407 e. The van der Waals surface area contributed by atoms with Crippen LogP contribution in [0.2, 0.25) is 0 Å². The van der Waals surface area contributed by atoms with Crippen LogP contribution < -0.4 is 5.32 Å². The van der Waals surface area contributed by atoms with Gasteiger partial charge >= 0.3 is 6.09 Å². The van der Waals surface area contributed by atoms with E-state index in [1.54, 1.807) is 12.1 Å². The Kier molecular flexibility index (Phi) is 6.17. The Labute approximate surface area is 203 Å². The van der Waals surface area contributed by atoms with Gasteiger partial charge in [0.15, 0.2) is 0 Å². The van der Waals surface area contributed by atoms with Crippen LogP contribution in [0.5, 0.6) is 0 Å². The van der Waals surface area contributed by atoms with Crippen LogP contribution in [0.15, 0.2) is 54.7 Å². The molecule has 3 heterocycles. The monoisotopic (exact) mass is 496 g/mol. The Bertz CT molecular complexity index is 1450. The topological polar surface area (TPSA) is 78.4 Å². The van der Waals surface area contributed by atoms with Crippen molar-refractivity contribution in [3.63, 3.8) is 0 Å². The zero-order valence-corrected chi connectivity index (χ0v) is 18.8. The lowest BCUT2D eigenvalue weighted by Crippen LogP contribution is -2.41. The predicted octanol–water partition coefficient (Wildman–Crippen LogP) is 6.07. The summed E-state index contributed by atoms with van der Waals surface area (Å²) in [7, 11) is 0. The first kappa shape index (κ1) is 23.5. The van der Waals surface area contributed by atoms with Gasteiger partial charge in [0, 0.05) is 42.3 Å². The molecular weight excluding hydrogens is 476 g/mol. The van der Waals surface area contributed by atoms with Crippen molar-refractivity contribution in [2.24, 2.45) is 0 Å². The van der Waals surface area contributed by atoms with E-state index >= 15 is 0 Å². The van der Waals surface area contributed by atoms with Gasteiger partial charge in [-0.05, 0) is 54.8 Å². The van der Waals surface area contributed by atoms with E-state index < -0.39 is 29.4 Å². The van der Waals surface area contributed by atoms with Crippen LogP contribution in [0, 0.1) is 23.3 Å². The summed E-state index contributed by atoms with van der Waals surface area (Å²) >= 11 is 0. The van der Waals surface area contributed by atoms with Crippen molar-refractivity contribution in [1.29, 1.82) is 0 Å². The highest BCUT2D eigenvalue weighted by molar-refractivity contribution is 6.02. The van der Waals surface area contributed by atoms with Crippen molar-refractivity contribution in [2.45, 2.75) is 18.9 Å². The molecule has 1 saturated heterocycles. The molecule has 0 aliphatic carbocycles. The molecule has 1 amide bonds. The zero-order valence-electron chi connectivity index (χ0n) is 18.8. The van der Waals surface area contributed by atoms with Gasteiger partial charge in [-0.3, -0.25) is 4.98 Å². The number of piperidine rings is 1. The molecule has 36 heavy (non-hydrogen) atoms. The van der Waals surface area contributed by atoms with Gasteiger partial charge in [0.1, 0.15) is 34.8 Å². The van der Waals surface area contributed by atoms with E-state index in [-0.39, 0.29) is 28.4 Å². The molecule has 0 saturated carbocycles. The van der Waals surface area contributed by atoms with Crippen LogP contribution in [0.3, 0.4) is 0 Å². The van der Waals surface area contributed by atoms with Gasteiger partial charge in [-0.25, -0.2) is 27.3 Å². The quantitative estimate of drug-likeness (QED) is 0.335. The number of aromatic nitrogens is 2. The minimum atomic E-state index is -0.992. The maximum absolute atomic E-state index is 14.8. The molecule has 0 spiro atoms. The number of halogens is 4. The van der Waals surface area contributed by atoms with Crippen LogP contribution in [0.1, 0.15) is 12.8 Å². The predicted molar refractivity (Wildman–Crippen MR) is 126 cm³/mol. The van der Waals surface area contributed by atoms with E-state index in [2.05, 4.69) is 15.3 Å². The first-order valence-electron chi connectivity index (χ1n) is 11.3. The number of amides is 1. The molecule has 0 unspecified atom stereocenters. The number of rotatable bonds is 4. The summed E-state index contributed by atoms with van der Waals surface area (Å²) in [4.78, 5) is 21.3. The normalized spacial score (nSPS) is 14.3. The standard InChI is InChI=1S/C26H20F4N4O2/c27-14-4-5-16(21(30)12-14)18-13-22(32-15-7-10-34(11-8-15)26(35)36)33-24-17(18)6-9-31-25(24)23-19(28)2-1-3-20(23)29/h1-6,9,12-13,15H,7-8,10-11H2,(H,32,33)(H,35,36). The highest BCUT2D eigenvalue weighted by Crippen LogP contribution is 2.37. The molecule has 2 N–H and O–H groups in total. The first-order valence-corrected chi connectivity index (χ1v) is 11.3. The van der Waals surface area contributed by atoms with Crippen LogP contribution in [0.25, 0.3) is 33.3 Å². The van der Waals surface area contributed by atoms with Crippen LogP contribution in [-0.2, 0) is 0 Å². The Balaban J connectivity index is 1.67. The highest BCUT2D eigenvalue weighted by Gasteiger charge is 2.24. The van der Waals surface area contributed by atoms with Gasteiger partial charge in [0.05, 0.1) is 11.1 Å². The van der Waals surface area contributed by atoms with Crippen molar-refractivity contribution in [1.82, 2.24) is 14.9 Å². The van der Waals surface area contributed by atoms with Crippen LogP contribution in [-0.4, -0.2) is 45.2 Å². The molecule has 0 radical (unpaired) electrons. The Hall–Kier alpha value is -4.21. The Morgan fingerprint density at radius 2 is 1.67 bits per heavy atom. The number of carboxylic acid groups (broad SMARTS) is 1.